The normalized spacial score (nSPS) is 12.5. The van der Waals surface area contributed by atoms with Crippen molar-refractivity contribution in [1.82, 2.24) is 0 Å². The van der Waals surface area contributed by atoms with E-state index < -0.39 is 11.1 Å². The van der Waals surface area contributed by atoms with Gasteiger partial charge in [-0.25, -0.2) is 4.21 Å². The van der Waals surface area contributed by atoms with Crippen LogP contribution in [0.5, 0.6) is 0 Å². The van der Waals surface area contributed by atoms with E-state index in [1.54, 1.807) is 24.3 Å². The smallest absolute Gasteiger partial charge is 0.160 e. The number of ketones is 1. The van der Waals surface area contributed by atoms with Gasteiger partial charge in [0.1, 0.15) is 0 Å². The lowest BCUT2D eigenvalue weighted by atomic mass is 10.1. The summed E-state index contributed by atoms with van der Waals surface area (Å²) in [6.07, 6.45) is 0. The maximum absolute atomic E-state index is 11.1. The quantitative estimate of drug-likeness (QED) is 0.593. The lowest BCUT2D eigenvalue weighted by molar-refractivity contribution is 0.101. The van der Waals surface area contributed by atoms with E-state index >= 15 is 0 Å². The molecule has 0 heterocycles. The lowest BCUT2D eigenvalue weighted by Gasteiger charge is -2.02. The van der Waals surface area contributed by atoms with Gasteiger partial charge in [0.25, 0.3) is 0 Å². The van der Waals surface area contributed by atoms with Gasteiger partial charge in [-0.1, -0.05) is 24.3 Å². The maximum atomic E-state index is 11.1. The number of hydrogen-bond donors (Lipinski definition) is 1. The molecule has 0 fully saturated rings. The van der Waals surface area contributed by atoms with Crippen LogP contribution >= 0.6 is 0 Å². The van der Waals surface area contributed by atoms with Crippen LogP contribution in [0.1, 0.15) is 22.8 Å². The first-order valence-corrected chi connectivity index (χ1v) is 5.05. The van der Waals surface area contributed by atoms with Crippen LogP contribution in [0.3, 0.4) is 0 Å². The Morgan fingerprint density at radius 1 is 1.46 bits per heavy atom. The van der Waals surface area contributed by atoms with Gasteiger partial charge in [0.15, 0.2) is 16.9 Å². The zero-order chi connectivity index (χ0) is 9.84. The monoisotopic (exact) mass is 198 g/mol. The number of carbonyl (C=O) groups is 1. The van der Waals surface area contributed by atoms with Gasteiger partial charge >= 0.3 is 0 Å². The zero-order valence-corrected chi connectivity index (χ0v) is 8.00. The summed E-state index contributed by atoms with van der Waals surface area (Å²) in [7, 11) is 0. The first-order chi connectivity index (χ1) is 6.11. The molecule has 0 aliphatic rings. The fraction of sp³-hybridized carbons (Fsp3) is 0.222. The fourth-order valence-electron chi connectivity index (χ4n) is 1.12. The molecule has 13 heavy (non-hydrogen) atoms. The average Bonchev–Trinajstić information content (AvgIpc) is 2.03. The lowest BCUT2D eigenvalue weighted by Crippen LogP contribution is -2.02. The summed E-state index contributed by atoms with van der Waals surface area (Å²) in [5.41, 5.74) is 1.14. The van der Waals surface area contributed by atoms with Crippen LogP contribution in [-0.2, 0) is 16.8 Å². The molecule has 1 rings (SSSR count). The predicted octanol–water partition coefficient (Wildman–Crippen LogP) is 1.61. The summed E-state index contributed by atoms with van der Waals surface area (Å²) < 4.78 is 19.2. The minimum atomic E-state index is -1.90. The molecule has 4 heteroatoms. The van der Waals surface area contributed by atoms with Crippen molar-refractivity contribution in [3.8, 4) is 0 Å². The standard InChI is InChI=1S/C9H10O3S/c1-7(10)9-5-3-2-4-8(9)6-13(11)12/h2-5H,6H2,1H3,(H,11,12). The molecule has 1 atom stereocenters. The van der Waals surface area contributed by atoms with E-state index in [4.69, 9.17) is 4.55 Å². The Kier molecular flexibility index (Phi) is 3.33. The molecule has 0 saturated carbocycles. The number of carbonyl (C=O) groups excluding carboxylic acids is 1. The highest BCUT2D eigenvalue weighted by molar-refractivity contribution is 7.78. The van der Waals surface area contributed by atoms with Crippen molar-refractivity contribution in [1.29, 1.82) is 0 Å². The third-order valence-electron chi connectivity index (χ3n) is 1.68. The van der Waals surface area contributed by atoms with Crippen LogP contribution in [-0.4, -0.2) is 14.5 Å². The molecular formula is C9H10O3S. The molecular weight excluding hydrogens is 188 g/mol. The van der Waals surface area contributed by atoms with Gasteiger partial charge in [0.05, 0.1) is 5.75 Å². The third kappa shape index (κ3) is 2.75. The molecule has 70 valence electrons. The number of rotatable bonds is 3. The Morgan fingerprint density at radius 3 is 2.62 bits per heavy atom. The fourth-order valence-corrected chi connectivity index (χ4v) is 1.64. The molecule has 0 aliphatic carbocycles. The van der Waals surface area contributed by atoms with Gasteiger partial charge in [-0.2, -0.15) is 0 Å². The minimum Gasteiger partial charge on any atom is -0.306 e. The highest BCUT2D eigenvalue weighted by atomic mass is 32.2. The number of benzene rings is 1. The summed E-state index contributed by atoms with van der Waals surface area (Å²) in [6.45, 7) is 1.44. The Bertz CT molecular complexity index is 346. The van der Waals surface area contributed by atoms with Crippen LogP contribution in [0.2, 0.25) is 0 Å². The maximum Gasteiger partial charge on any atom is 0.160 e. The van der Waals surface area contributed by atoms with Crippen molar-refractivity contribution >= 4 is 16.9 Å². The molecule has 1 N–H and O–H groups in total. The molecule has 0 bridgehead atoms. The summed E-state index contributed by atoms with van der Waals surface area (Å²) in [5, 5.41) is 0. The Morgan fingerprint density at radius 2 is 2.08 bits per heavy atom. The van der Waals surface area contributed by atoms with E-state index in [-0.39, 0.29) is 11.5 Å². The first-order valence-electron chi connectivity index (χ1n) is 3.77. The molecule has 0 spiro atoms. The van der Waals surface area contributed by atoms with E-state index in [1.807, 2.05) is 0 Å². The molecule has 0 aromatic heterocycles. The van der Waals surface area contributed by atoms with Crippen LogP contribution in [0.4, 0.5) is 0 Å². The molecule has 0 aliphatic heterocycles. The van der Waals surface area contributed by atoms with Gasteiger partial charge < -0.3 is 4.55 Å². The Balaban J connectivity index is 3.04. The third-order valence-corrected chi connectivity index (χ3v) is 2.23. The van der Waals surface area contributed by atoms with Crippen LogP contribution in [0, 0.1) is 0 Å². The largest absolute Gasteiger partial charge is 0.306 e. The second-order valence-electron chi connectivity index (χ2n) is 2.68. The molecule has 3 nitrogen and oxygen atoms in total. The number of Topliss-reactive ketones (excluding diaryl/α,β-unsaturated/α-hetero) is 1. The van der Waals surface area contributed by atoms with Crippen molar-refractivity contribution in [3.63, 3.8) is 0 Å². The molecule has 0 saturated heterocycles. The van der Waals surface area contributed by atoms with Crippen LogP contribution in [0.15, 0.2) is 24.3 Å². The van der Waals surface area contributed by atoms with Gasteiger partial charge in [-0.05, 0) is 12.5 Å². The van der Waals surface area contributed by atoms with E-state index in [2.05, 4.69) is 0 Å². The van der Waals surface area contributed by atoms with Crippen molar-refractivity contribution in [3.05, 3.63) is 35.4 Å². The minimum absolute atomic E-state index is 0.00968. The summed E-state index contributed by atoms with van der Waals surface area (Å²) in [5.74, 6) is -0.0727. The van der Waals surface area contributed by atoms with Crippen LogP contribution in [0.25, 0.3) is 0 Å². The number of hydrogen-bond acceptors (Lipinski definition) is 2. The van der Waals surface area contributed by atoms with Crippen molar-refractivity contribution in [2.24, 2.45) is 0 Å². The van der Waals surface area contributed by atoms with E-state index in [1.165, 1.54) is 6.92 Å². The van der Waals surface area contributed by atoms with Crippen LogP contribution < -0.4 is 0 Å². The SMILES string of the molecule is CC(=O)c1ccccc1CS(=O)O. The van der Waals surface area contributed by atoms with Crippen molar-refractivity contribution < 1.29 is 13.6 Å². The summed E-state index contributed by atoms with van der Waals surface area (Å²) >= 11 is -1.90. The Hall–Kier alpha value is -1.00. The predicted molar refractivity (Wildman–Crippen MR) is 50.9 cm³/mol. The highest BCUT2D eigenvalue weighted by Crippen LogP contribution is 2.10. The molecule has 1 aromatic rings. The summed E-state index contributed by atoms with van der Waals surface area (Å²) in [4.78, 5) is 11.1. The molecule has 0 amide bonds. The van der Waals surface area contributed by atoms with E-state index in [0.717, 1.165) is 0 Å². The average molecular weight is 198 g/mol. The summed E-state index contributed by atoms with van der Waals surface area (Å²) in [6, 6.07) is 6.82. The van der Waals surface area contributed by atoms with E-state index in [9.17, 15) is 9.00 Å². The van der Waals surface area contributed by atoms with Gasteiger partial charge in [0, 0.05) is 5.56 Å². The second kappa shape index (κ2) is 4.30. The van der Waals surface area contributed by atoms with E-state index in [0.29, 0.717) is 11.1 Å². The highest BCUT2D eigenvalue weighted by Gasteiger charge is 2.07. The second-order valence-corrected chi connectivity index (χ2v) is 3.61. The van der Waals surface area contributed by atoms with Gasteiger partial charge in [-0.15, -0.1) is 0 Å². The van der Waals surface area contributed by atoms with Crippen molar-refractivity contribution in [2.45, 2.75) is 12.7 Å². The molecule has 0 radical (unpaired) electrons. The Labute approximate surface area is 79.1 Å². The zero-order valence-electron chi connectivity index (χ0n) is 7.19. The van der Waals surface area contributed by atoms with Gasteiger partial charge in [-0.3, -0.25) is 4.79 Å². The first kappa shape index (κ1) is 10.1. The topological polar surface area (TPSA) is 54.4 Å². The molecule has 1 unspecified atom stereocenters. The van der Waals surface area contributed by atoms with Crippen molar-refractivity contribution in [2.75, 3.05) is 0 Å². The molecule has 1 aromatic carbocycles. The van der Waals surface area contributed by atoms with Gasteiger partial charge in [0.2, 0.25) is 0 Å².